The molecule has 19 heavy (non-hydrogen) atoms. The number of hydrogen-bond acceptors (Lipinski definition) is 4. The van der Waals surface area contributed by atoms with Gasteiger partial charge in [0, 0.05) is 12.2 Å². The zero-order chi connectivity index (χ0) is 13.2. The van der Waals surface area contributed by atoms with E-state index in [0.717, 1.165) is 30.2 Å². The average Bonchev–Trinajstić information content (AvgIpc) is 2.46. The number of anilines is 1. The summed E-state index contributed by atoms with van der Waals surface area (Å²) < 4.78 is 5.90. The van der Waals surface area contributed by atoms with Gasteiger partial charge in [-0.05, 0) is 31.4 Å². The van der Waals surface area contributed by atoms with Crippen LogP contribution >= 0.6 is 0 Å². The number of pyridine rings is 1. The van der Waals surface area contributed by atoms with Gasteiger partial charge in [0.05, 0.1) is 25.4 Å². The quantitative estimate of drug-likeness (QED) is 0.886. The van der Waals surface area contributed by atoms with Crippen LogP contribution in [0.5, 0.6) is 0 Å². The molecule has 0 amide bonds. The molecule has 2 unspecified atom stereocenters. The predicted octanol–water partition coefficient (Wildman–Crippen LogP) is 2.03. The molecule has 2 heterocycles. The molecule has 1 saturated carbocycles. The van der Waals surface area contributed by atoms with Gasteiger partial charge in [0.15, 0.2) is 0 Å². The molecule has 0 aromatic carbocycles. The molecule has 1 aromatic rings. The van der Waals surface area contributed by atoms with Crippen molar-refractivity contribution in [2.75, 3.05) is 18.1 Å². The third-order valence-corrected chi connectivity index (χ3v) is 4.38. The molecule has 3 rings (SSSR count). The topological polar surface area (TPSA) is 45.6 Å². The van der Waals surface area contributed by atoms with Gasteiger partial charge in [0.1, 0.15) is 5.82 Å². The molecular weight excluding hydrogens is 240 g/mol. The van der Waals surface area contributed by atoms with E-state index in [4.69, 9.17) is 4.74 Å². The second-order valence-electron chi connectivity index (χ2n) is 5.53. The van der Waals surface area contributed by atoms with Gasteiger partial charge in [-0.25, -0.2) is 4.98 Å². The van der Waals surface area contributed by atoms with Crippen LogP contribution in [-0.2, 0) is 11.3 Å². The Morgan fingerprint density at radius 1 is 1.37 bits per heavy atom. The van der Waals surface area contributed by atoms with Crippen molar-refractivity contribution in [1.29, 1.82) is 0 Å². The molecule has 0 radical (unpaired) electrons. The van der Waals surface area contributed by atoms with E-state index in [1.54, 1.807) is 0 Å². The van der Waals surface area contributed by atoms with Crippen molar-refractivity contribution in [2.45, 2.75) is 51.4 Å². The molecule has 1 saturated heterocycles. The van der Waals surface area contributed by atoms with Crippen LogP contribution in [-0.4, -0.2) is 35.4 Å². The summed E-state index contributed by atoms with van der Waals surface area (Å²) in [4.78, 5) is 7.07. The molecule has 4 heteroatoms. The highest BCUT2D eigenvalue weighted by molar-refractivity contribution is 5.43. The third-order valence-electron chi connectivity index (χ3n) is 4.38. The van der Waals surface area contributed by atoms with E-state index in [9.17, 15) is 5.11 Å². The van der Waals surface area contributed by atoms with Gasteiger partial charge in [-0.2, -0.15) is 0 Å². The van der Waals surface area contributed by atoms with Crippen molar-refractivity contribution in [3.63, 3.8) is 0 Å². The van der Waals surface area contributed by atoms with Crippen molar-refractivity contribution in [1.82, 2.24) is 4.98 Å². The zero-order valence-electron chi connectivity index (χ0n) is 11.5. The fourth-order valence-corrected chi connectivity index (χ4v) is 3.28. The Morgan fingerprint density at radius 3 is 3.00 bits per heavy atom. The minimum absolute atomic E-state index is 0.0638. The van der Waals surface area contributed by atoms with Crippen LogP contribution in [0.25, 0.3) is 0 Å². The summed E-state index contributed by atoms with van der Waals surface area (Å²) in [5.74, 6) is 1.04. The Morgan fingerprint density at radius 2 is 2.21 bits per heavy atom. The van der Waals surface area contributed by atoms with Crippen molar-refractivity contribution in [3.05, 3.63) is 23.4 Å². The van der Waals surface area contributed by atoms with Crippen LogP contribution in [0, 0.1) is 6.92 Å². The van der Waals surface area contributed by atoms with Crippen molar-refractivity contribution in [3.8, 4) is 0 Å². The van der Waals surface area contributed by atoms with Crippen LogP contribution in [0.15, 0.2) is 12.1 Å². The van der Waals surface area contributed by atoms with E-state index in [2.05, 4.69) is 9.88 Å². The van der Waals surface area contributed by atoms with Crippen LogP contribution in [0.4, 0.5) is 5.82 Å². The number of aromatic nitrogens is 1. The number of aliphatic hydroxyl groups is 1. The summed E-state index contributed by atoms with van der Waals surface area (Å²) in [5, 5.41) is 9.23. The third kappa shape index (κ3) is 2.47. The zero-order valence-corrected chi connectivity index (χ0v) is 11.5. The largest absolute Gasteiger partial charge is 0.392 e. The molecule has 2 aliphatic rings. The lowest BCUT2D eigenvalue weighted by atomic mass is 9.90. The molecule has 1 aliphatic carbocycles. The number of fused-ring (bicyclic) bond motifs is 1. The van der Waals surface area contributed by atoms with Crippen molar-refractivity contribution in [2.24, 2.45) is 0 Å². The maximum Gasteiger partial charge on any atom is 0.129 e. The fraction of sp³-hybridized carbons (Fsp3) is 0.667. The summed E-state index contributed by atoms with van der Waals surface area (Å²) in [6.07, 6.45) is 5.32. The van der Waals surface area contributed by atoms with Gasteiger partial charge < -0.3 is 14.7 Å². The maximum atomic E-state index is 9.23. The number of morpholine rings is 1. The Kier molecular flexibility index (Phi) is 3.71. The molecule has 1 aliphatic heterocycles. The summed E-state index contributed by atoms with van der Waals surface area (Å²) in [7, 11) is 0. The smallest absolute Gasteiger partial charge is 0.129 e. The fourth-order valence-electron chi connectivity index (χ4n) is 3.28. The van der Waals surface area contributed by atoms with E-state index in [0.29, 0.717) is 12.1 Å². The lowest BCUT2D eigenvalue weighted by Gasteiger charge is -2.44. The summed E-state index contributed by atoms with van der Waals surface area (Å²) in [6.45, 7) is 3.75. The molecule has 4 nitrogen and oxygen atoms in total. The first-order valence-corrected chi connectivity index (χ1v) is 7.25. The lowest BCUT2D eigenvalue weighted by molar-refractivity contribution is -0.00900. The van der Waals surface area contributed by atoms with Crippen LogP contribution < -0.4 is 4.90 Å². The first kappa shape index (κ1) is 12.9. The molecular formula is C15H22N2O2. The molecule has 1 N–H and O–H groups in total. The van der Waals surface area contributed by atoms with E-state index in [-0.39, 0.29) is 6.61 Å². The standard InChI is InChI=1S/C15H22N2O2/c1-11-12(10-18)6-7-15(16-11)17-8-9-19-14-5-3-2-4-13(14)17/h6-7,13-14,18H,2-5,8-10H2,1H3. The van der Waals surface area contributed by atoms with Crippen LogP contribution in [0.3, 0.4) is 0 Å². The van der Waals surface area contributed by atoms with Gasteiger partial charge >= 0.3 is 0 Å². The minimum atomic E-state index is 0.0638. The molecule has 104 valence electrons. The monoisotopic (exact) mass is 262 g/mol. The van der Waals surface area contributed by atoms with Crippen LogP contribution in [0.2, 0.25) is 0 Å². The second-order valence-corrected chi connectivity index (χ2v) is 5.53. The van der Waals surface area contributed by atoms with Gasteiger partial charge in [-0.1, -0.05) is 18.9 Å². The molecule has 0 bridgehead atoms. The number of hydrogen-bond donors (Lipinski definition) is 1. The van der Waals surface area contributed by atoms with Crippen LogP contribution in [0.1, 0.15) is 36.9 Å². The van der Waals surface area contributed by atoms with Gasteiger partial charge in [0.2, 0.25) is 0 Å². The average molecular weight is 262 g/mol. The highest BCUT2D eigenvalue weighted by Gasteiger charge is 2.34. The van der Waals surface area contributed by atoms with E-state index in [1.165, 1.54) is 25.7 Å². The first-order chi connectivity index (χ1) is 9.29. The molecule has 0 spiro atoms. The molecule has 2 atom stereocenters. The Balaban J connectivity index is 1.85. The normalized spacial score (nSPS) is 27.2. The highest BCUT2D eigenvalue weighted by Crippen LogP contribution is 2.31. The van der Waals surface area contributed by atoms with E-state index >= 15 is 0 Å². The summed E-state index contributed by atoms with van der Waals surface area (Å²) in [6, 6.07) is 4.51. The van der Waals surface area contributed by atoms with E-state index in [1.807, 2.05) is 19.1 Å². The highest BCUT2D eigenvalue weighted by atomic mass is 16.5. The lowest BCUT2D eigenvalue weighted by Crippen LogP contribution is -2.53. The minimum Gasteiger partial charge on any atom is -0.392 e. The molecule has 2 fully saturated rings. The number of aryl methyl sites for hydroxylation is 1. The number of ether oxygens (including phenoxy) is 1. The molecule has 1 aromatic heterocycles. The number of rotatable bonds is 2. The summed E-state index contributed by atoms with van der Waals surface area (Å²) >= 11 is 0. The van der Waals surface area contributed by atoms with Crippen molar-refractivity contribution >= 4 is 5.82 Å². The summed E-state index contributed by atoms with van der Waals surface area (Å²) in [5.41, 5.74) is 1.84. The predicted molar refractivity (Wildman–Crippen MR) is 74.2 cm³/mol. The van der Waals surface area contributed by atoms with Gasteiger partial charge in [0.25, 0.3) is 0 Å². The Labute approximate surface area is 114 Å². The SMILES string of the molecule is Cc1nc(N2CCOC3CCCCC32)ccc1CO. The number of nitrogens with zero attached hydrogens (tertiary/aromatic N) is 2. The first-order valence-electron chi connectivity index (χ1n) is 7.25. The Hall–Kier alpha value is -1.13. The Bertz CT molecular complexity index is 448. The van der Waals surface area contributed by atoms with Gasteiger partial charge in [-0.3, -0.25) is 0 Å². The van der Waals surface area contributed by atoms with Crippen molar-refractivity contribution < 1.29 is 9.84 Å². The van der Waals surface area contributed by atoms with E-state index < -0.39 is 0 Å². The second kappa shape index (κ2) is 5.47. The maximum absolute atomic E-state index is 9.23. The number of aliphatic hydroxyl groups excluding tert-OH is 1. The van der Waals surface area contributed by atoms with Gasteiger partial charge in [-0.15, -0.1) is 0 Å².